The predicted molar refractivity (Wildman–Crippen MR) is 70.8 cm³/mol. The maximum Gasteiger partial charge on any atom is 0.260 e. The Hall–Kier alpha value is -2.49. The summed E-state index contributed by atoms with van der Waals surface area (Å²) in [6, 6.07) is 8.69. The number of aromatic nitrogens is 2. The van der Waals surface area contributed by atoms with Crippen molar-refractivity contribution in [3.05, 3.63) is 63.3 Å². The van der Waals surface area contributed by atoms with Crippen molar-refractivity contribution in [2.45, 2.75) is 0 Å². The molecule has 0 aliphatic carbocycles. The molecule has 4 nitrogen and oxygen atoms in total. The van der Waals surface area contributed by atoms with Gasteiger partial charge >= 0.3 is 0 Å². The summed E-state index contributed by atoms with van der Waals surface area (Å²) in [6.07, 6.45) is 2.97. The van der Waals surface area contributed by atoms with Gasteiger partial charge in [-0.1, -0.05) is 12.1 Å². The minimum absolute atomic E-state index is 0.138. The first-order chi connectivity index (χ1) is 8.70. The lowest BCUT2D eigenvalue weighted by Gasteiger charge is -1.97. The number of hydrogen-bond donors (Lipinski definition) is 0. The summed E-state index contributed by atoms with van der Waals surface area (Å²) in [5, 5.41) is 1.30. The van der Waals surface area contributed by atoms with Crippen LogP contribution in [0.2, 0.25) is 0 Å². The summed E-state index contributed by atoms with van der Waals surface area (Å²) in [4.78, 5) is 28.6. The van der Waals surface area contributed by atoms with Crippen LogP contribution in [0.15, 0.2) is 52.3 Å². The number of para-hydroxylation sites is 1. The normalized spacial score (nSPS) is 10.9. The molecule has 3 rings (SSSR count). The third-order valence-electron chi connectivity index (χ3n) is 3.11. The van der Waals surface area contributed by atoms with Crippen LogP contribution in [-0.2, 0) is 7.05 Å². The van der Waals surface area contributed by atoms with Gasteiger partial charge in [0.05, 0.1) is 10.9 Å². The van der Waals surface area contributed by atoms with Gasteiger partial charge in [0, 0.05) is 30.2 Å². The molecule has 0 saturated carbocycles. The molecule has 4 heteroatoms. The summed E-state index contributed by atoms with van der Waals surface area (Å²) in [7, 11) is 1.66. The molecule has 0 N–H and O–H groups in total. The lowest BCUT2D eigenvalue weighted by Crippen LogP contribution is -2.14. The number of fused-ring (bicyclic) bond motifs is 2. The Morgan fingerprint density at radius 3 is 2.61 bits per heavy atom. The van der Waals surface area contributed by atoms with E-state index in [1.807, 2.05) is 6.07 Å². The quantitative estimate of drug-likeness (QED) is 0.595. The highest BCUT2D eigenvalue weighted by molar-refractivity contribution is 5.90. The molecule has 0 saturated heterocycles. The largest absolute Gasteiger partial charge is 0.311 e. The van der Waals surface area contributed by atoms with Gasteiger partial charge in [0.2, 0.25) is 0 Å². The fourth-order valence-corrected chi connectivity index (χ4v) is 2.16. The molecule has 0 atom stereocenters. The number of hydrogen-bond acceptors (Lipinski definition) is 3. The van der Waals surface area contributed by atoms with E-state index in [-0.39, 0.29) is 11.0 Å². The van der Waals surface area contributed by atoms with Crippen LogP contribution >= 0.6 is 0 Å². The first-order valence-corrected chi connectivity index (χ1v) is 5.56. The fourth-order valence-electron chi connectivity index (χ4n) is 2.16. The number of aryl methyl sites for hydroxylation is 1. The van der Waals surface area contributed by atoms with E-state index in [1.54, 1.807) is 31.3 Å². The minimum atomic E-state index is -0.212. The highest BCUT2D eigenvalue weighted by Crippen LogP contribution is 2.10. The van der Waals surface area contributed by atoms with E-state index in [4.69, 9.17) is 0 Å². The van der Waals surface area contributed by atoms with Crippen LogP contribution in [0.1, 0.15) is 0 Å². The summed E-state index contributed by atoms with van der Waals surface area (Å²) < 4.78 is 1.49. The smallest absolute Gasteiger partial charge is 0.260 e. The summed E-state index contributed by atoms with van der Waals surface area (Å²) in [6.45, 7) is 0. The Morgan fingerprint density at radius 2 is 1.78 bits per heavy atom. The molecule has 0 aliphatic heterocycles. The highest BCUT2D eigenvalue weighted by atomic mass is 16.1. The monoisotopic (exact) mass is 238 g/mol. The molecule has 0 unspecified atom stereocenters. The van der Waals surface area contributed by atoms with E-state index in [0.29, 0.717) is 21.7 Å². The van der Waals surface area contributed by atoms with E-state index < -0.39 is 0 Å². The van der Waals surface area contributed by atoms with Gasteiger partial charge in [-0.15, -0.1) is 0 Å². The first-order valence-electron chi connectivity index (χ1n) is 5.56. The molecule has 0 bridgehead atoms. The van der Waals surface area contributed by atoms with E-state index in [0.717, 1.165) is 0 Å². The number of rotatable bonds is 0. The summed E-state index contributed by atoms with van der Waals surface area (Å²) in [5.41, 5.74) is 0.279. The lowest BCUT2D eigenvalue weighted by atomic mass is 10.2. The Kier molecular flexibility index (Phi) is 2.23. The van der Waals surface area contributed by atoms with Crippen molar-refractivity contribution in [3.63, 3.8) is 0 Å². The molecule has 0 radical (unpaired) electrons. The molecule has 18 heavy (non-hydrogen) atoms. The van der Waals surface area contributed by atoms with Gasteiger partial charge < -0.3 is 4.57 Å². The van der Waals surface area contributed by atoms with Crippen molar-refractivity contribution in [3.8, 4) is 0 Å². The van der Waals surface area contributed by atoms with Crippen LogP contribution in [0, 0.1) is 0 Å². The van der Waals surface area contributed by atoms with Crippen molar-refractivity contribution in [1.82, 2.24) is 9.55 Å². The van der Waals surface area contributed by atoms with Crippen LogP contribution in [0.5, 0.6) is 0 Å². The zero-order valence-corrected chi connectivity index (χ0v) is 9.75. The third kappa shape index (κ3) is 1.35. The van der Waals surface area contributed by atoms with Gasteiger partial charge in [0.1, 0.15) is 0 Å². The zero-order chi connectivity index (χ0) is 12.7. The molecule has 3 aromatic rings. The van der Waals surface area contributed by atoms with Gasteiger partial charge in [0.25, 0.3) is 5.56 Å². The predicted octanol–water partition coefficient (Wildman–Crippen LogP) is 1.45. The Labute approximate surface area is 102 Å². The van der Waals surface area contributed by atoms with Crippen molar-refractivity contribution in [1.29, 1.82) is 0 Å². The van der Waals surface area contributed by atoms with E-state index >= 15 is 0 Å². The van der Waals surface area contributed by atoms with Crippen LogP contribution in [0.3, 0.4) is 0 Å². The van der Waals surface area contributed by atoms with Crippen LogP contribution in [0.25, 0.3) is 21.7 Å². The topological polar surface area (TPSA) is 52.0 Å². The zero-order valence-electron chi connectivity index (χ0n) is 9.75. The van der Waals surface area contributed by atoms with Crippen LogP contribution in [-0.4, -0.2) is 9.55 Å². The van der Waals surface area contributed by atoms with Crippen molar-refractivity contribution < 1.29 is 0 Å². The molecule has 1 aromatic carbocycles. The molecular formula is C14H10N2O2. The SMILES string of the molecule is Cn1c(=O)c2cnccc2c(=O)c2ccccc21. The van der Waals surface area contributed by atoms with Gasteiger partial charge in [-0.3, -0.25) is 14.6 Å². The van der Waals surface area contributed by atoms with Crippen molar-refractivity contribution >= 4 is 21.7 Å². The van der Waals surface area contributed by atoms with E-state index in [9.17, 15) is 9.59 Å². The van der Waals surface area contributed by atoms with Crippen LogP contribution < -0.4 is 11.0 Å². The number of pyridine rings is 1. The van der Waals surface area contributed by atoms with Gasteiger partial charge in [-0.05, 0) is 18.2 Å². The highest BCUT2D eigenvalue weighted by Gasteiger charge is 2.07. The van der Waals surface area contributed by atoms with Gasteiger partial charge in [-0.25, -0.2) is 0 Å². The number of benzene rings is 1. The average molecular weight is 238 g/mol. The summed E-state index contributed by atoms with van der Waals surface area (Å²) in [5.74, 6) is 0. The molecule has 0 aliphatic rings. The standard InChI is InChI=1S/C14H10N2O2/c1-16-12-5-3-2-4-10(12)13(17)9-6-7-15-8-11(9)14(16)18/h2-8H,1H3. The van der Waals surface area contributed by atoms with Gasteiger partial charge in [-0.2, -0.15) is 0 Å². The first kappa shape index (κ1) is 10.7. The van der Waals surface area contributed by atoms with Crippen LogP contribution in [0.4, 0.5) is 0 Å². The molecule has 0 fully saturated rings. The second-order valence-electron chi connectivity index (χ2n) is 4.13. The van der Waals surface area contributed by atoms with Crippen molar-refractivity contribution in [2.24, 2.45) is 7.05 Å². The summed E-state index contributed by atoms with van der Waals surface area (Å²) >= 11 is 0. The van der Waals surface area contributed by atoms with E-state index in [2.05, 4.69) is 4.98 Å². The second kappa shape index (κ2) is 3.77. The third-order valence-corrected chi connectivity index (χ3v) is 3.11. The maximum atomic E-state index is 12.4. The Balaban J connectivity index is 2.84. The average Bonchev–Trinajstić information content (AvgIpc) is 2.51. The second-order valence-corrected chi connectivity index (χ2v) is 4.13. The Morgan fingerprint density at radius 1 is 1.00 bits per heavy atom. The molecule has 0 spiro atoms. The van der Waals surface area contributed by atoms with Gasteiger partial charge in [0.15, 0.2) is 5.43 Å². The maximum absolute atomic E-state index is 12.4. The molecule has 2 heterocycles. The fraction of sp³-hybridized carbons (Fsp3) is 0.0714. The van der Waals surface area contributed by atoms with E-state index in [1.165, 1.54) is 17.0 Å². The molecule has 88 valence electrons. The number of nitrogens with zero attached hydrogens (tertiary/aromatic N) is 2. The molecule has 0 amide bonds. The lowest BCUT2D eigenvalue weighted by molar-refractivity contribution is 0.921. The van der Waals surface area contributed by atoms with Crippen molar-refractivity contribution in [2.75, 3.05) is 0 Å². The minimum Gasteiger partial charge on any atom is -0.311 e. The Bertz CT molecular complexity index is 882. The molecule has 2 aromatic heterocycles. The molecular weight excluding hydrogens is 228 g/mol.